The van der Waals surface area contributed by atoms with E-state index in [1.54, 1.807) is 0 Å². The predicted octanol–water partition coefficient (Wildman–Crippen LogP) is 2.49. The van der Waals surface area contributed by atoms with Crippen molar-refractivity contribution < 1.29 is 0 Å². The van der Waals surface area contributed by atoms with Gasteiger partial charge >= 0.3 is 0 Å². The minimum absolute atomic E-state index is 0.610. The van der Waals surface area contributed by atoms with Crippen molar-refractivity contribution in [3.05, 3.63) is 0 Å². The van der Waals surface area contributed by atoms with E-state index in [9.17, 15) is 0 Å². The second-order valence-corrected chi connectivity index (χ2v) is 5.39. The molecule has 2 nitrogen and oxygen atoms in total. The first kappa shape index (κ1) is 13.0. The van der Waals surface area contributed by atoms with Crippen molar-refractivity contribution in [2.24, 2.45) is 5.92 Å². The smallest absolute Gasteiger partial charge is 0.0217 e. The minimum atomic E-state index is 0.610. The number of hydrogen-bond acceptors (Lipinski definition) is 2. The fraction of sp³-hybridized carbons (Fsp3) is 1.00. The van der Waals surface area contributed by atoms with Gasteiger partial charge in [-0.3, -0.25) is 0 Å². The topological polar surface area (TPSA) is 15.3 Å². The molecule has 0 aromatic rings. The van der Waals surface area contributed by atoms with E-state index in [1.807, 2.05) is 0 Å². The third-order valence-electron chi connectivity index (χ3n) is 3.25. The summed E-state index contributed by atoms with van der Waals surface area (Å²) < 4.78 is 0. The summed E-state index contributed by atoms with van der Waals surface area (Å²) in [5, 5.41) is 3.56. The van der Waals surface area contributed by atoms with Crippen LogP contribution in [0.25, 0.3) is 0 Å². The average Bonchev–Trinajstić information content (AvgIpc) is 2.95. The molecule has 90 valence electrons. The van der Waals surface area contributed by atoms with E-state index in [2.05, 4.69) is 38.0 Å². The van der Waals surface area contributed by atoms with Crippen LogP contribution in [0.5, 0.6) is 0 Å². The van der Waals surface area contributed by atoms with Gasteiger partial charge in [-0.1, -0.05) is 27.2 Å². The van der Waals surface area contributed by atoms with Gasteiger partial charge in [-0.15, -0.1) is 0 Å². The molecule has 1 aliphatic rings. The first-order valence-corrected chi connectivity index (χ1v) is 6.57. The van der Waals surface area contributed by atoms with Crippen LogP contribution in [0.2, 0.25) is 0 Å². The number of hydrogen-bond donors (Lipinski definition) is 1. The van der Waals surface area contributed by atoms with Gasteiger partial charge in [-0.2, -0.15) is 0 Å². The standard InChI is InChI=1S/C13H28N2/c1-5-6-13(9-14-11(2)3)15(4)10-12-7-8-12/h11-14H,5-10H2,1-4H3. The molecule has 0 saturated heterocycles. The van der Waals surface area contributed by atoms with Crippen LogP contribution < -0.4 is 5.32 Å². The Labute approximate surface area is 95.4 Å². The maximum absolute atomic E-state index is 3.56. The lowest BCUT2D eigenvalue weighted by Gasteiger charge is -2.29. The molecule has 0 heterocycles. The molecule has 1 fully saturated rings. The summed E-state index contributed by atoms with van der Waals surface area (Å²) in [4.78, 5) is 2.57. The number of nitrogens with one attached hydrogen (secondary N) is 1. The van der Waals surface area contributed by atoms with Gasteiger partial charge < -0.3 is 10.2 Å². The van der Waals surface area contributed by atoms with E-state index in [1.165, 1.54) is 32.2 Å². The fourth-order valence-corrected chi connectivity index (χ4v) is 2.04. The van der Waals surface area contributed by atoms with E-state index in [0.29, 0.717) is 6.04 Å². The number of nitrogens with zero attached hydrogens (tertiary/aromatic N) is 1. The molecule has 15 heavy (non-hydrogen) atoms. The van der Waals surface area contributed by atoms with E-state index >= 15 is 0 Å². The summed E-state index contributed by atoms with van der Waals surface area (Å²) in [6.45, 7) is 9.19. The van der Waals surface area contributed by atoms with Gasteiger partial charge in [0, 0.05) is 25.2 Å². The molecule has 2 heteroatoms. The minimum Gasteiger partial charge on any atom is -0.313 e. The second kappa shape index (κ2) is 6.49. The van der Waals surface area contributed by atoms with Gasteiger partial charge in [0.15, 0.2) is 0 Å². The molecule has 0 spiro atoms. The molecule has 0 radical (unpaired) electrons. The van der Waals surface area contributed by atoms with E-state index in [4.69, 9.17) is 0 Å². The Morgan fingerprint density at radius 3 is 2.47 bits per heavy atom. The molecule has 1 unspecified atom stereocenters. The monoisotopic (exact) mass is 212 g/mol. The van der Waals surface area contributed by atoms with E-state index < -0.39 is 0 Å². The first-order chi connectivity index (χ1) is 7.13. The molecule has 1 aliphatic carbocycles. The maximum atomic E-state index is 3.56. The van der Waals surface area contributed by atoms with Crippen molar-refractivity contribution in [3.8, 4) is 0 Å². The molecule has 1 saturated carbocycles. The Morgan fingerprint density at radius 1 is 1.33 bits per heavy atom. The van der Waals surface area contributed by atoms with Crippen LogP contribution in [0.1, 0.15) is 46.5 Å². The van der Waals surface area contributed by atoms with Crippen LogP contribution in [0.4, 0.5) is 0 Å². The number of likely N-dealkylation sites (N-methyl/N-ethyl adjacent to an activating group) is 1. The Morgan fingerprint density at radius 2 is 2.00 bits per heavy atom. The maximum Gasteiger partial charge on any atom is 0.0217 e. The molecule has 0 aromatic heterocycles. The fourth-order valence-electron chi connectivity index (χ4n) is 2.04. The highest BCUT2D eigenvalue weighted by atomic mass is 15.2. The Hall–Kier alpha value is -0.0800. The molecule has 1 rings (SSSR count). The Balaban J connectivity index is 2.25. The highest BCUT2D eigenvalue weighted by molar-refractivity contribution is 4.80. The largest absolute Gasteiger partial charge is 0.313 e. The van der Waals surface area contributed by atoms with Crippen molar-refractivity contribution in [2.75, 3.05) is 20.1 Å². The third kappa shape index (κ3) is 5.53. The molecule has 0 aromatic carbocycles. The lowest BCUT2D eigenvalue weighted by atomic mass is 10.1. The van der Waals surface area contributed by atoms with Crippen LogP contribution >= 0.6 is 0 Å². The summed E-state index contributed by atoms with van der Waals surface area (Å²) in [6, 6.07) is 1.34. The van der Waals surface area contributed by atoms with Crippen LogP contribution in [0, 0.1) is 5.92 Å². The van der Waals surface area contributed by atoms with Crippen molar-refractivity contribution in [1.29, 1.82) is 0 Å². The molecule has 0 bridgehead atoms. The number of rotatable bonds is 8. The van der Waals surface area contributed by atoms with Gasteiger partial charge in [0.1, 0.15) is 0 Å². The van der Waals surface area contributed by atoms with E-state index in [0.717, 1.165) is 18.5 Å². The summed E-state index contributed by atoms with van der Waals surface area (Å²) in [5.74, 6) is 1.01. The van der Waals surface area contributed by atoms with Gasteiger partial charge in [0.05, 0.1) is 0 Å². The van der Waals surface area contributed by atoms with Crippen LogP contribution in [0.15, 0.2) is 0 Å². The highest BCUT2D eigenvalue weighted by Crippen LogP contribution is 2.30. The van der Waals surface area contributed by atoms with Crippen molar-refractivity contribution in [1.82, 2.24) is 10.2 Å². The zero-order valence-corrected chi connectivity index (χ0v) is 10.9. The molecular formula is C13H28N2. The summed E-state index contributed by atoms with van der Waals surface area (Å²) in [6.07, 6.45) is 5.53. The van der Waals surface area contributed by atoms with Crippen molar-refractivity contribution >= 4 is 0 Å². The van der Waals surface area contributed by atoms with Gasteiger partial charge in [0.2, 0.25) is 0 Å². The zero-order chi connectivity index (χ0) is 11.3. The van der Waals surface area contributed by atoms with Crippen molar-refractivity contribution in [3.63, 3.8) is 0 Å². The van der Waals surface area contributed by atoms with Gasteiger partial charge in [-0.05, 0) is 32.2 Å². The average molecular weight is 212 g/mol. The quantitative estimate of drug-likeness (QED) is 0.665. The van der Waals surface area contributed by atoms with E-state index in [-0.39, 0.29) is 0 Å². The van der Waals surface area contributed by atoms with Crippen LogP contribution in [-0.2, 0) is 0 Å². The van der Waals surface area contributed by atoms with Crippen molar-refractivity contribution in [2.45, 2.75) is 58.5 Å². The van der Waals surface area contributed by atoms with Crippen LogP contribution in [0.3, 0.4) is 0 Å². The van der Waals surface area contributed by atoms with Gasteiger partial charge in [0.25, 0.3) is 0 Å². The Kier molecular flexibility index (Phi) is 5.62. The molecule has 1 atom stereocenters. The predicted molar refractivity (Wildman–Crippen MR) is 67.2 cm³/mol. The summed E-state index contributed by atoms with van der Waals surface area (Å²) in [5.41, 5.74) is 0. The first-order valence-electron chi connectivity index (χ1n) is 6.57. The van der Waals surface area contributed by atoms with Gasteiger partial charge in [-0.25, -0.2) is 0 Å². The zero-order valence-electron chi connectivity index (χ0n) is 10.9. The summed E-state index contributed by atoms with van der Waals surface area (Å²) in [7, 11) is 2.29. The highest BCUT2D eigenvalue weighted by Gasteiger charge is 2.25. The SMILES string of the molecule is CCCC(CNC(C)C)N(C)CC1CC1. The molecular weight excluding hydrogens is 184 g/mol. The lowest BCUT2D eigenvalue weighted by molar-refractivity contribution is 0.211. The molecule has 0 aliphatic heterocycles. The molecule has 0 amide bonds. The molecule has 1 N–H and O–H groups in total. The Bertz CT molecular complexity index is 164. The second-order valence-electron chi connectivity index (χ2n) is 5.39. The third-order valence-corrected chi connectivity index (χ3v) is 3.25. The normalized spacial score (nSPS) is 18.8. The summed E-state index contributed by atoms with van der Waals surface area (Å²) >= 11 is 0. The van der Waals surface area contributed by atoms with Crippen LogP contribution in [-0.4, -0.2) is 37.1 Å². The lowest BCUT2D eigenvalue weighted by Crippen LogP contribution is -2.42.